The lowest BCUT2D eigenvalue weighted by molar-refractivity contribution is 0.0775. The zero-order chi connectivity index (χ0) is 28.2. The second kappa shape index (κ2) is 12.3. The number of amides is 1. The summed E-state index contributed by atoms with van der Waals surface area (Å²) in [5, 5.41) is 14.8. The Morgan fingerprint density at radius 3 is 2.44 bits per heavy atom. The summed E-state index contributed by atoms with van der Waals surface area (Å²) in [6.07, 6.45) is -0.837. The summed E-state index contributed by atoms with van der Waals surface area (Å²) < 4.78 is 29.6. The number of carbonyl (C=O) groups is 1. The number of benzene rings is 3. The molecule has 1 amide bonds. The van der Waals surface area contributed by atoms with Gasteiger partial charge in [0.15, 0.2) is 5.13 Å². The molecule has 0 aliphatic heterocycles. The van der Waals surface area contributed by atoms with Crippen molar-refractivity contribution >= 4 is 42.6 Å². The maximum Gasteiger partial charge on any atom is 0.251 e. The lowest BCUT2D eigenvalue weighted by atomic mass is 9.99. The molecule has 0 bridgehead atoms. The number of nitrogen functional groups attached to an aromatic ring is 1. The Hall–Kier alpha value is -3.31. The van der Waals surface area contributed by atoms with E-state index in [9.17, 15) is 18.3 Å². The maximum atomic E-state index is 13.8. The van der Waals surface area contributed by atoms with E-state index in [1.54, 1.807) is 24.3 Å². The van der Waals surface area contributed by atoms with Crippen LogP contribution in [-0.2, 0) is 16.4 Å². The van der Waals surface area contributed by atoms with Crippen molar-refractivity contribution < 1.29 is 18.3 Å². The standard InChI is InChI=1S/C29H34N4O4S2/c1-19(2)17-33(39(36,37)22-13-14-24-27(16-22)38-29(30)32-24)18-26(34)25(15-21-10-5-4-6-11-21)31-28(35)23-12-8-7-9-20(23)3/h4-14,16,19,25-26,34H,15,17-18H2,1-3H3,(H2,30,32)(H,31,35). The Balaban J connectivity index is 1.63. The van der Waals surface area contributed by atoms with Gasteiger partial charge in [-0.2, -0.15) is 4.31 Å². The van der Waals surface area contributed by atoms with Gasteiger partial charge in [0.1, 0.15) is 0 Å². The first-order valence-corrected chi connectivity index (χ1v) is 15.0. The Bertz CT molecular complexity index is 1540. The quantitative estimate of drug-likeness (QED) is 0.249. The normalized spacial score (nSPS) is 13.6. The number of hydrogen-bond donors (Lipinski definition) is 3. The van der Waals surface area contributed by atoms with Crippen LogP contribution in [0, 0.1) is 12.8 Å². The van der Waals surface area contributed by atoms with Crippen LogP contribution in [0.4, 0.5) is 5.13 Å². The average Bonchev–Trinajstić information content (AvgIpc) is 3.27. The van der Waals surface area contributed by atoms with Crippen LogP contribution in [-0.4, -0.2) is 54.0 Å². The van der Waals surface area contributed by atoms with Crippen LogP contribution >= 0.6 is 11.3 Å². The number of carbonyl (C=O) groups excluding carboxylic acids is 1. The minimum atomic E-state index is -3.97. The van der Waals surface area contributed by atoms with E-state index in [1.807, 2.05) is 63.2 Å². The number of hydrogen-bond acceptors (Lipinski definition) is 7. The molecule has 2 atom stereocenters. The van der Waals surface area contributed by atoms with Gasteiger partial charge in [-0.05, 0) is 54.7 Å². The van der Waals surface area contributed by atoms with Crippen LogP contribution in [0.25, 0.3) is 10.2 Å². The lowest BCUT2D eigenvalue weighted by Gasteiger charge is -2.31. The molecular formula is C29H34N4O4S2. The second-order valence-electron chi connectivity index (χ2n) is 10.0. The number of aromatic nitrogens is 1. The average molecular weight is 567 g/mol. The summed E-state index contributed by atoms with van der Waals surface area (Å²) in [5.74, 6) is -0.316. The molecule has 4 N–H and O–H groups in total. The molecule has 0 fully saturated rings. The molecule has 0 saturated carbocycles. The fourth-order valence-corrected chi connectivity index (χ4v) is 6.97. The highest BCUT2D eigenvalue weighted by molar-refractivity contribution is 7.89. The van der Waals surface area contributed by atoms with Crippen molar-refractivity contribution in [1.29, 1.82) is 0 Å². The van der Waals surface area contributed by atoms with Crippen molar-refractivity contribution in [2.24, 2.45) is 5.92 Å². The highest BCUT2D eigenvalue weighted by Crippen LogP contribution is 2.28. The highest BCUT2D eigenvalue weighted by atomic mass is 32.2. The highest BCUT2D eigenvalue weighted by Gasteiger charge is 2.32. The predicted molar refractivity (Wildman–Crippen MR) is 156 cm³/mol. The summed E-state index contributed by atoms with van der Waals surface area (Å²) in [7, 11) is -3.97. The minimum absolute atomic E-state index is 0.00360. The van der Waals surface area contributed by atoms with Crippen LogP contribution in [0.5, 0.6) is 0 Å². The number of rotatable bonds is 11. The second-order valence-corrected chi connectivity index (χ2v) is 13.0. The van der Waals surface area contributed by atoms with E-state index in [0.29, 0.717) is 27.3 Å². The first kappa shape index (κ1) is 28.7. The molecule has 4 aromatic rings. The van der Waals surface area contributed by atoms with Gasteiger partial charge in [0.25, 0.3) is 5.91 Å². The summed E-state index contributed by atoms with van der Waals surface area (Å²) in [6, 6.07) is 20.7. The number of thiazole rings is 1. The molecule has 8 nitrogen and oxygen atoms in total. The van der Waals surface area contributed by atoms with Crippen molar-refractivity contribution in [3.63, 3.8) is 0 Å². The molecule has 0 spiro atoms. The number of nitrogens with one attached hydrogen (secondary N) is 1. The summed E-state index contributed by atoms with van der Waals surface area (Å²) in [6.45, 7) is 5.70. The SMILES string of the molecule is Cc1ccccc1C(=O)NC(Cc1ccccc1)C(O)CN(CC(C)C)S(=O)(=O)c1ccc2nc(N)sc2c1. The smallest absolute Gasteiger partial charge is 0.251 e. The third-order valence-corrected chi connectivity index (χ3v) is 9.12. The number of nitrogens with two attached hydrogens (primary N) is 1. The number of sulfonamides is 1. The number of aliphatic hydroxyl groups is 1. The first-order valence-electron chi connectivity index (χ1n) is 12.8. The van der Waals surface area contributed by atoms with Gasteiger partial charge >= 0.3 is 0 Å². The molecule has 0 aliphatic carbocycles. The minimum Gasteiger partial charge on any atom is -0.390 e. The van der Waals surface area contributed by atoms with Crippen molar-refractivity contribution in [1.82, 2.24) is 14.6 Å². The molecule has 206 valence electrons. The van der Waals surface area contributed by atoms with E-state index >= 15 is 0 Å². The van der Waals surface area contributed by atoms with Crippen molar-refractivity contribution in [2.75, 3.05) is 18.8 Å². The zero-order valence-corrected chi connectivity index (χ0v) is 23.9. The third-order valence-electron chi connectivity index (χ3n) is 6.44. The molecular weight excluding hydrogens is 532 g/mol. The number of aryl methyl sites for hydroxylation is 1. The monoisotopic (exact) mass is 566 g/mol. The van der Waals surface area contributed by atoms with Crippen LogP contribution < -0.4 is 11.1 Å². The summed E-state index contributed by atoms with van der Waals surface area (Å²) >= 11 is 1.22. The van der Waals surface area contributed by atoms with Crippen LogP contribution in [0.3, 0.4) is 0 Å². The molecule has 2 unspecified atom stereocenters. The lowest BCUT2D eigenvalue weighted by Crippen LogP contribution is -2.51. The zero-order valence-electron chi connectivity index (χ0n) is 22.2. The van der Waals surface area contributed by atoms with Gasteiger partial charge < -0.3 is 16.2 Å². The van der Waals surface area contributed by atoms with Gasteiger partial charge in [0.2, 0.25) is 10.0 Å². The van der Waals surface area contributed by atoms with E-state index in [0.717, 1.165) is 11.1 Å². The molecule has 10 heteroatoms. The van der Waals surface area contributed by atoms with E-state index in [2.05, 4.69) is 10.3 Å². The Kier molecular flexibility index (Phi) is 9.01. The van der Waals surface area contributed by atoms with Crippen molar-refractivity contribution in [2.45, 2.75) is 44.2 Å². The molecule has 0 saturated heterocycles. The number of fused-ring (bicyclic) bond motifs is 1. The van der Waals surface area contributed by atoms with E-state index < -0.39 is 22.2 Å². The fourth-order valence-electron chi connectivity index (χ4n) is 4.47. The van der Waals surface area contributed by atoms with Gasteiger partial charge in [0, 0.05) is 18.7 Å². The number of anilines is 1. The van der Waals surface area contributed by atoms with Gasteiger partial charge in [-0.3, -0.25) is 4.79 Å². The summed E-state index contributed by atoms with van der Waals surface area (Å²) in [5.41, 5.74) is 8.67. The fraction of sp³-hybridized carbons (Fsp3) is 0.310. The van der Waals surface area contributed by atoms with Gasteiger partial charge in [-0.1, -0.05) is 73.7 Å². The Labute approximate surface area is 233 Å². The Morgan fingerprint density at radius 1 is 1.05 bits per heavy atom. The number of nitrogens with zero attached hydrogens (tertiary/aromatic N) is 2. The van der Waals surface area contributed by atoms with E-state index in [-0.39, 0.29) is 29.8 Å². The molecule has 0 radical (unpaired) electrons. The first-order chi connectivity index (χ1) is 18.5. The van der Waals surface area contributed by atoms with Gasteiger partial charge in [0.05, 0.1) is 27.3 Å². The molecule has 4 rings (SSSR count). The van der Waals surface area contributed by atoms with E-state index in [1.165, 1.54) is 21.7 Å². The molecule has 1 heterocycles. The number of aliphatic hydroxyl groups excluding tert-OH is 1. The molecule has 1 aromatic heterocycles. The maximum absolute atomic E-state index is 13.8. The largest absolute Gasteiger partial charge is 0.390 e. The van der Waals surface area contributed by atoms with E-state index in [4.69, 9.17) is 5.73 Å². The van der Waals surface area contributed by atoms with Crippen molar-refractivity contribution in [3.05, 3.63) is 89.5 Å². The molecule has 0 aliphatic rings. The Morgan fingerprint density at radius 2 is 1.74 bits per heavy atom. The predicted octanol–water partition coefficient (Wildman–Crippen LogP) is 4.24. The van der Waals surface area contributed by atoms with Gasteiger partial charge in [-0.15, -0.1) is 0 Å². The van der Waals surface area contributed by atoms with Crippen LogP contribution in [0.1, 0.15) is 35.3 Å². The summed E-state index contributed by atoms with van der Waals surface area (Å²) in [4.78, 5) is 17.5. The van der Waals surface area contributed by atoms with Crippen molar-refractivity contribution in [3.8, 4) is 0 Å². The van der Waals surface area contributed by atoms with Gasteiger partial charge in [-0.25, -0.2) is 13.4 Å². The molecule has 3 aromatic carbocycles. The third kappa shape index (κ3) is 7.02. The van der Waals surface area contributed by atoms with Crippen LogP contribution in [0.15, 0.2) is 77.7 Å². The topological polar surface area (TPSA) is 126 Å². The van der Waals surface area contributed by atoms with Crippen LogP contribution in [0.2, 0.25) is 0 Å². The molecule has 39 heavy (non-hydrogen) atoms.